The number of anilines is 1. The topological polar surface area (TPSA) is 209 Å². The van der Waals surface area contributed by atoms with Gasteiger partial charge in [-0.1, -0.05) is 49.4 Å². The van der Waals surface area contributed by atoms with Gasteiger partial charge in [-0.25, -0.2) is 8.78 Å². The number of allylic oxidation sites excluding steroid dienone is 4. The van der Waals surface area contributed by atoms with Gasteiger partial charge in [0.1, 0.15) is 12.2 Å². The lowest BCUT2D eigenvalue weighted by Crippen LogP contribution is -2.70. The number of rotatable bonds is 10. The molecule has 1 aliphatic heterocycles. The summed E-state index contributed by atoms with van der Waals surface area (Å²) in [4.78, 5) is 50.7. The molecule has 12 nitrogen and oxygen atoms in total. The van der Waals surface area contributed by atoms with Crippen molar-refractivity contribution in [2.45, 2.75) is 94.5 Å². The van der Waals surface area contributed by atoms with Crippen molar-refractivity contribution in [3.8, 4) is 0 Å². The maximum atomic E-state index is 17.9. The van der Waals surface area contributed by atoms with E-state index in [1.54, 1.807) is 31.2 Å². The lowest BCUT2D eigenvalue weighted by Gasteiger charge is -2.63. The third kappa shape index (κ3) is 5.64. The van der Waals surface area contributed by atoms with E-state index in [9.17, 15) is 29.4 Å². The number of aliphatic hydroxyl groups is 2. The van der Waals surface area contributed by atoms with Gasteiger partial charge in [-0.05, 0) is 73.4 Å². The summed E-state index contributed by atoms with van der Waals surface area (Å²) in [6.45, 7) is 2.09. The van der Waals surface area contributed by atoms with Crippen molar-refractivity contribution in [1.29, 1.82) is 0 Å². The van der Waals surface area contributed by atoms with Crippen LogP contribution in [-0.2, 0) is 46.4 Å². The number of nitrogens with two attached hydrogens (primary N) is 2. The number of esters is 1. The summed E-state index contributed by atoms with van der Waals surface area (Å²) in [5, 5.41) is 30.5. The predicted molar refractivity (Wildman–Crippen MR) is 188 cm³/mol. The number of ketones is 2. The van der Waals surface area contributed by atoms with Gasteiger partial charge in [0.25, 0.3) is 0 Å². The minimum atomic E-state index is -2.42. The molecule has 11 atom stereocenters. The Balaban J connectivity index is 1.24. The van der Waals surface area contributed by atoms with Crippen molar-refractivity contribution in [2.24, 2.45) is 28.4 Å². The zero-order chi connectivity index (χ0) is 39.0. The largest absolute Gasteiger partial charge is 0.481 e. The van der Waals surface area contributed by atoms with Gasteiger partial charge in [-0.2, -0.15) is 0 Å². The average Bonchev–Trinajstić information content (AvgIpc) is 3.62. The first-order valence-electron chi connectivity index (χ1n) is 18.0. The highest BCUT2D eigenvalue weighted by atomic mass is 19.1. The van der Waals surface area contributed by atoms with Crippen LogP contribution in [0.1, 0.15) is 68.1 Å². The predicted octanol–water partition coefficient (Wildman–Crippen LogP) is 3.35. The molecule has 2 aromatic rings. The van der Waals surface area contributed by atoms with Gasteiger partial charge in [0.2, 0.25) is 5.78 Å². The van der Waals surface area contributed by atoms with Crippen LogP contribution in [0.15, 0.2) is 66.3 Å². The van der Waals surface area contributed by atoms with E-state index in [2.05, 4.69) is 0 Å². The summed E-state index contributed by atoms with van der Waals surface area (Å²) < 4.78 is 52.4. The van der Waals surface area contributed by atoms with Crippen LogP contribution in [0.3, 0.4) is 0 Å². The van der Waals surface area contributed by atoms with E-state index in [0.29, 0.717) is 23.2 Å². The number of carboxylic acid groups (broad SMARTS) is 1. The fourth-order valence-electron chi connectivity index (χ4n) is 10.2. The van der Waals surface area contributed by atoms with Crippen LogP contribution in [0.4, 0.5) is 14.5 Å². The smallest absolute Gasteiger partial charge is 0.323 e. The molecule has 3 saturated carbocycles. The number of carbonyl (C=O) groups excluding carboxylic acids is 3. The van der Waals surface area contributed by atoms with Crippen molar-refractivity contribution in [3.63, 3.8) is 0 Å². The first-order valence-corrected chi connectivity index (χ1v) is 18.0. The molecule has 1 heterocycles. The van der Waals surface area contributed by atoms with Gasteiger partial charge >= 0.3 is 11.9 Å². The Kier molecular flexibility index (Phi) is 9.45. The molecule has 0 amide bonds. The Hall–Kier alpha value is -4.34. The van der Waals surface area contributed by atoms with Crippen LogP contribution in [0.25, 0.3) is 0 Å². The van der Waals surface area contributed by atoms with Crippen molar-refractivity contribution < 1.29 is 57.5 Å². The monoisotopic (exact) mass is 750 g/mol. The van der Waals surface area contributed by atoms with Crippen molar-refractivity contribution >= 4 is 29.2 Å². The standard InChI is InChI=1S/C40H44F2N2O10/c1-37-9-8-24(46)13-27(37)28(41)14-26-25-15-33-40(38(25,2)17-31(47)39(26,37)42,32(48)19-52-35(51)30(44)16-34(49)50)54-36(53-33)22-5-3-4-20(11-22)10-21-6-7-23(18-45)29(43)12-21/h3-9,11-13,25-26,28,30-31,33,36,45,47H,10,14-19,43-44H2,1-2H3,(H,49,50)/t25-,26-,28-,30-,31-,33+,36+,37-,38-,39-,40+/m0/s1. The molecule has 4 fully saturated rings. The molecular weight excluding hydrogens is 706 g/mol. The number of aliphatic hydroxyl groups excluding tert-OH is 2. The first-order chi connectivity index (χ1) is 25.5. The Morgan fingerprint density at radius 1 is 1.09 bits per heavy atom. The van der Waals surface area contributed by atoms with Crippen LogP contribution in [-0.4, -0.2) is 81.1 Å². The summed E-state index contributed by atoms with van der Waals surface area (Å²) in [5.41, 5.74) is 7.70. The Bertz CT molecular complexity index is 1970. The Morgan fingerprint density at radius 3 is 2.54 bits per heavy atom. The SMILES string of the molecule is C[C@]12C=CC(=O)C=C1[C@@H](F)C[C@H]1[C@@H]3C[C@H]4O[C@@H](c5cccc(Cc6ccc(CO)c(N)c6)c5)O[C@@]4(C(=O)COC(=O)[C@@H](N)CC(=O)O)[C@@]3(C)C[C@H](O)[C@@]12F. The first kappa shape index (κ1) is 38.0. The van der Waals surface area contributed by atoms with Crippen molar-refractivity contribution in [1.82, 2.24) is 0 Å². The molecular formula is C40H44F2N2O10. The van der Waals surface area contributed by atoms with Gasteiger partial charge in [0, 0.05) is 33.6 Å². The average molecular weight is 751 g/mol. The van der Waals surface area contributed by atoms with Gasteiger partial charge in [-0.3, -0.25) is 19.2 Å². The number of alkyl halides is 2. The third-order valence-corrected chi connectivity index (χ3v) is 12.8. The molecule has 288 valence electrons. The molecule has 7 rings (SSSR count). The second-order valence-corrected chi connectivity index (χ2v) is 15.8. The highest BCUT2D eigenvalue weighted by Gasteiger charge is 2.80. The van der Waals surface area contributed by atoms with E-state index in [1.165, 1.54) is 19.1 Å². The van der Waals surface area contributed by atoms with Gasteiger partial charge in [0.05, 0.1) is 25.2 Å². The van der Waals surface area contributed by atoms with E-state index >= 15 is 8.78 Å². The number of Topliss-reactive ketones (excluding diaryl/α,β-unsaturated/α-hetero) is 1. The van der Waals surface area contributed by atoms with Crippen molar-refractivity contribution in [2.75, 3.05) is 12.3 Å². The van der Waals surface area contributed by atoms with E-state index in [4.69, 9.17) is 30.8 Å². The van der Waals surface area contributed by atoms with Gasteiger partial charge in [-0.15, -0.1) is 0 Å². The molecule has 0 unspecified atom stereocenters. The van der Waals surface area contributed by atoms with Crippen LogP contribution in [0, 0.1) is 22.7 Å². The van der Waals surface area contributed by atoms with E-state index < -0.39 is 101 Å². The number of hydrogen-bond acceptors (Lipinski definition) is 11. The molecule has 54 heavy (non-hydrogen) atoms. The van der Waals surface area contributed by atoms with Crippen molar-refractivity contribution in [3.05, 3.63) is 88.5 Å². The lowest BCUT2D eigenvalue weighted by atomic mass is 9.44. The second-order valence-electron chi connectivity index (χ2n) is 15.8. The highest BCUT2D eigenvalue weighted by molar-refractivity contribution is 6.01. The fraction of sp³-hybridized carbons (Fsp3) is 0.500. The highest BCUT2D eigenvalue weighted by Crippen LogP contribution is 2.72. The molecule has 4 aliphatic carbocycles. The molecule has 0 spiro atoms. The summed E-state index contributed by atoms with van der Waals surface area (Å²) in [7, 11) is 0. The fourth-order valence-corrected chi connectivity index (χ4v) is 10.2. The Morgan fingerprint density at radius 2 is 1.83 bits per heavy atom. The lowest BCUT2D eigenvalue weighted by molar-refractivity contribution is -0.235. The van der Waals surface area contributed by atoms with E-state index in [0.717, 1.165) is 17.2 Å². The Labute approximate surface area is 310 Å². The number of benzene rings is 2. The number of aliphatic carboxylic acids is 1. The number of nitrogen functional groups attached to an aromatic ring is 1. The number of fused-ring (bicyclic) bond motifs is 7. The zero-order valence-electron chi connectivity index (χ0n) is 29.9. The van der Waals surface area contributed by atoms with E-state index in [1.807, 2.05) is 18.2 Å². The van der Waals surface area contributed by atoms with Gasteiger partial charge in [0.15, 0.2) is 29.9 Å². The quantitative estimate of drug-likeness (QED) is 0.175. The van der Waals surface area contributed by atoms with Crippen LogP contribution in [0.5, 0.6) is 0 Å². The minimum Gasteiger partial charge on any atom is -0.481 e. The van der Waals surface area contributed by atoms with Gasteiger partial charge < -0.3 is 41.0 Å². The molecule has 0 radical (unpaired) electrons. The number of hydrogen-bond donors (Lipinski definition) is 5. The number of carbonyl (C=O) groups is 4. The van der Waals surface area contributed by atoms with E-state index in [-0.39, 0.29) is 31.4 Å². The molecule has 14 heteroatoms. The zero-order valence-corrected chi connectivity index (χ0v) is 29.9. The van der Waals surface area contributed by atoms with Crippen LogP contribution < -0.4 is 11.5 Å². The summed E-state index contributed by atoms with van der Waals surface area (Å²) >= 11 is 0. The van der Waals surface area contributed by atoms with Crippen LogP contribution in [0.2, 0.25) is 0 Å². The molecule has 1 saturated heterocycles. The summed E-state index contributed by atoms with van der Waals surface area (Å²) in [6, 6.07) is 11.1. The maximum absolute atomic E-state index is 17.9. The normalized spacial score (nSPS) is 37.0. The molecule has 5 aliphatic rings. The molecule has 2 aromatic carbocycles. The minimum absolute atomic E-state index is 0.0366. The molecule has 0 bridgehead atoms. The molecule has 7 N–H and O–H groups in total. The second kappa shape index (κ2) is 13.4. The molecule has 0 aromatic heterocycles. The summed E-state index contributed by atoms with van der Waals surface area (Å²) in [5.74, 6) is -5.60. The number of halogens is 2. The third-order valence-electron chi connectivity index (χ3n) is 12.8. The maximum Gasteiger partial charge on any atom is 0.323 e. The number of carboxylic acids is 1. The summed E-state index contributed by atoms with van der Waals surface area (Å²) in [6.07, 6.45) is -2.92. The number of ether oxygens (including phenoxy) is 3. The van der Waals surface area contributed by atoms with Crippen LogP contribution >= 0.6 is 0 Å².